The van der Waals surface area contributed by atoms with Gasteiger partial charge >= 0.3 is 12.0 Å². The second-order valence-electron chi connectivity index (χ2n) is 6.16. The number of aliphatic carboxylic acids is 1. The van der Waals surface area contributed by atoms with Crippen LogP contribution in [0.5, 0.6) is 0 Å². The molecule has 2 aliphatic rings. The van der Waals surface area contributed by atoms with Crippen LogP contribution in [-0.4, -0.2) is 41.2 Å². The number of thioether (sulfide) groups is 1. The second kappa shape index (κ2) is 6.70. The highest BCUT2D eigenvalue weighted by Gasteiger charge is 2.41. The summed E-state index contributed by atoms with van der Waals surface area (Å²) in [5.41, 5.74) is -0.770. The minimum atomic E-state index is -0.777. The summed E-state index contributed by atoms with van der Waals surface area (Å²) < 4.78 is 0. The van der Waals surface area contributed by atoms with Crippen LogP contribution in [0.25, 0.3) is 0 Å². The monoisotopic (exact) mass is 300 g/mol. The third-order valence-corrected chi connectivity index (χ3v) is 5.70. The van der Waals surface area contributed by atoms with E-state index in [0.29, 0.717) is 18.8 Å². The van der Waals surface area contributed by atoms with Gasteiger partial charge in [0.1, 0.15) is 0 Å². The molecule has 6 heteroatoms. The van der Waals surface area contributed by atoms with Gasteiger partial charge in [-0.25, -0.2) is 4.79 Å². The number of amides is 2. The molecule has 1 atom stereocenters. The first-order valence-electron chi connectivity index (χ1n) is 7.37. The Kier molecular flexibility index (Phi) is 5.18. The Balaban J connectivity index is 1.82. The van der Waals surface area contributed by atoms with Crippen molar-refractivity contribution < 1.29 is 14.7 Å². The summed E-state index contributed by atoms with van der Waals surface area (Å²) in [5.74, 6) is 1.85. The van der Waals surface area contributed by atoms with Gasteiger partial charge in [0, 0.05) is 18.3 Å². The number of carbonyl (C=O) groups excluding carboxylic acids is 1. The largest absolute Gasteiger partial charge is 0.481 e. The highest BCUT2D eigenvalue weighted by molar-refractivity contribution is 7.99. The van der Waals surface area contributed by atoms with Gasteiger partial charge in [-0.2, -0.15) is 11.8 Å². The van der Waals surface area contributed by atoms with Crippen LogP contribution in [0.1, 0.15) is 39.0 Å². The average molecular weight is 300 g/mol. The Morgan fingerprint density at radius 1 is 1.30 bits per heavy atom. The molecule has 20 heavy (non-hydrogen) atoms. The van der Waals surface area contributed by atoms with Crippen LogP contribution in [0, 0.1) is 11.3 Å². The van der Waals surface area contributed by atoms with Crippen molar-refractivity contribution in [1.29, 1.82) is 0 Å². The predicted octanol–water partition coefficient (Wildman–Crippen LogP) is 2.07. The fourth-order valence-corrected chi connectivity index (χ4v) is 4.07. The Labute approximate surface area is 124 Å². The van der Waals surface area contributed by atoms with E-state index in [1.54, 1.807) is 0 Å². The Morgan fingerprint density at radius 2 is 2.00 bits per heavy atom. The van der Waals surface area contributed by atoms with Gasteiger partial charge in [0.25, 0.3) is 0 Å². The molecule has 1 heterocycles. The highest BCUT2D eigenvalue weighted by atomic mass is 32.2. The van der Waals surface area contributed by atoms with E-state index in [1.807, 2.05) is 11.8 Å². The molecule has 0 bridgehead atoms. The van der Waals surface area contributed by atoms with E-state index in [2.05, 4.69) is 17.6 Å². The van der Waals surface area contributed by atoms with Crippen molar-refractivity contribution in [1.82, 2.24) is 10.6 Å². The van der Waals surface area contributed by atoms with Crippen molar-refractivity contribution in [3.8, 4) is 0 Å². The summed E-state index contributed by atoms with van der Waals surface area (Å²) in [7, 11) is 0. The molecule has 3 N–H and O–H groups in total. The number of hydrogen-bond donors (Lipinski definition) is 3. The number of nitrogens with one attached hydrogen (secondary N) is 2. The van der Waals surface area contributed by atoms with Crippen molar-refractivity contribution in [2.45, 2.75) is 45.1 Å². The number of urea groups is 1. The first kappa shape index (κ1) is 15.5. The molecule has 0 radical (unpaired) electrons. The molecule has 1 saturated heterocycles. The first-order chi connectivity index (χ1) is 9.52. The van der Waals surface area contributed by atoms with E-state index >= 15 is 0 Å². The lowest BCUT2D eigenvalue weighted by Gasteiger charge is -2.35. The number of carboxylic acid groups (broad SMARTS) is 1. The highest BCUT2D eigenvalue weighted by Crippen LogP contribution is 2.38. The Morgan fingerprint density at radius 3 is 2.55 bits per heavy atom. The van der Waals surface area contributed by atoms with Crippen molar-refractivity contribution >= 4 is 23.8 Å². The molecule has 2 rings (SSSR count). The summed E-state index contributed by atoms with van der Waals surface area (Å²) in [4.78, 5) is 23.4. The molecular formula is C14H24N2O3S. The molecule has 2 fully saturated rings. The van der Waals surface area contributed by atoms with Gasteiger partial charge in [0.15, 0.2) is 0 Å². The second-order valence-corrected chi connectivity index (χ2v) is 7.31. The fourth-order valence-electron chi connectivity index (χ4n) is 2.92. The van der Waals surface area contributed by atoms with Crippen LogP contribution >= 0.6 is 11.8 Å². The normalized spacial score (nSPS) is 33.6. The van der Waals surface area contributed by atoms with E-state index < -0.39 is 11.4 Å². The molecule has 1 aliphatic heterocycles. The van der Waals surface area contributed by atoms with Crippen LogP contribution in [0.3, 0.4) is 0 Å². The van der Waals surface area contributed by atoms with Crippen LogP contribution in [-0.2, 0) is 4.79 Å². The van der Waals surface area contributed by atoms with Crippen molar-refractivity contribution in [2.75, 3.05) is 18.1 Å². The number of carboxylic acids is 1. The molecule has 0 aromatic rings. The summed E-state index contributed by atoms with van der Waals surface area (Å²) in [5, 5.41) is 15.2. The first-order valence-corrected chi connectivity index (χ1v) is 8.53. The zero-order valence-electron chi connectivity index (χ0n) is 12.0. The standard InChI is InChI=1S/C14H24N2O3S/c1-10-2-5-14(6-3-10,12(17)18)9-15-13(19)16-11-4-7-20-8-11/h10-11H,2-9H2,1H3,(H,17,18)(H2,15,16,19). The summed E-state index contributed by atoms with van der Waals surface area (Å²) in [6, 6.07) is 0.00361. The third-order valence-electron chi connectivity index (χ3n) is 4.54. The quantitative estimate of drug-likeness (QED) is 0.742. The maximum Gasteiger partial charge on any atom is 0.315 e. The van der Waals surface area contributed by atoms with Crippen molar-refractivity contribution in [3.05, 3.63) is 0 Å². The van der Waals surface area contributed by atoms with Gasteiger partial charge in [-0.05, 0) is 43.8 Å². The number of hydrogen-bond acceptors (Lipinski definition) is 3. The summed E-state index contributed by atoms with van der Waals surface area (Å²) in [6.07, 6.45) is 4.16. The SMILES string of the molecule is CC1CCC(CNC(=O)NC2CCSC2)(C(=O)O)CC1. The number of carbonyl (C=O) groups is 2. The lowest BCUT2D eigenvalue weighted by Crippen LogP contribution is -2.49. The van der Waals surface area contributed by atoms with Gasteiger partial charge in [-0.3, -0.25) is 4.79 Å². The molecule has 2 amide bonds. The fraction of sp³-hybridized carbons (Fsp3) is 0.857. The summed E-state index contributed by atoms with van der Waals surface area (Å²) >= 11 is 1.84. The molecule has 5 nitrogen and oxygen atoms in total. The average Bonchev–Trinajstić information content (AvgIpc) is 2.91. The molecule has 1 saturated carbocycles. The van der Waals surface area contributed by atoms with E-state index in [1.165, 1.54) is 0 Å². The van der Waals surface area contributed by atoms with E-state index in [-0.39, 0.29) is 18.6 Å². The smallest absolute Gasteiger partial charge is 0.315 e. The Hall–Kier alpha value is -0.910. The molecule has 114 valence electrons. The van der Waals surface area contributed by atoms with Gasteiger partial charge in [0.2, 0.25) is 0 Å². The van der Waals surface area contributed by atoms with Gasteiger partial charge < -0.3 is 15.7 Å². The van der Waals surface area contributed by atoms with E-state index in [9.17, 15) is 14.7 Å². The maximum absolute atomic E-state index is 11.8. The lowest BCUT2D eigenvalue weighted by molar-refractivity contribution is -0.151. The molecule has 1 unspecified atom stereocenters. The third kappa shape index (κ3) is 3.81. The topological polar surface area (TPSA) is 78.4 Å². The predicted molar refractivity (Wildman–Crippen MR) is 80.0 cm³/mol. The van der Waals surface area contributed by atoms with Gasteiger partial charge in [0.05, 0.1) is 5.41 Å². The van der Waals surface area contributed by atoms with Crippen LogP contribution in [0.4, 0.5) is 4.79 Å². The Bertz CT molecular complexity index is 361. The zero-order chi connectivity index (χ0) is 14.6. The van der Waals surface area contributed by atoms with Crippen LogP contribution < -0.4 is 10.6 Å². The zero-order valence-corrected chi connectivity index (χ0v) is 12.8. The van der Waals surface area contributed by atoms with E-state index in [0.717, 1.165) is 30.8 Å². The van der Waals surface area contributed by atoms with Crippen molar-refractivity contribution in [3.63, 3.8) is 0 Å². The van der Waals surface area contributed by atoms with Crippen LogP contribution in [0.15, 0.2) is 0 Å². The van der Waals surface area contributed by atoms with Gasteiger partial charge in [-0.1, -0.05) is 6.92 Å². The van der Waals surface area contributed by atoms with Crippen LogP contribution in [0.2, 0.25) is 0 Å². The minimum Gasteiger partial charge on any atom is -0.481 e. The van der Waals surface area contributed by atoms with Gasteiger partial charge in [-0.15, -0.1) is 0 Å². The minimum absolute atomic E-state index is 0.225. The van der Waals surface area contributed by atoms with E-state index in [4.69, 9.17) is 0 Å². The molecule has 0 aromatic heterocycles. The van der Waals surface area contributed by atoms with Crippen molar-refractivity contribution in [2.24, 2.45) is 11.3 Å². The number of rotatable bonds is 4. The maximum atomic E-state index is 11.8. The molecule has 0 aromatic carbocycles. The molecule has 1 aliphatic carbocycles. The molecular weight excluding hydrogens is 276 g/mol. The lowest BCUT2D eigenvalue weighted by atomic mass is 9.71. The molecule has 0 spiro atoms. The summed E-state index contributed by atoms with van der Waals surface area (Å²) in [6.45, 7) is 2.39.